The molecule has 0 saturated heterocycles. The van der Waals surface area contributed by atoms with Gasteiger partial charge in [-0.2, -0.15) is 5.26 Å². The van der Waals surface area contributed by atoms with E-state index in [-0.39, 0.29) is 5.82 Å². The van der Waals surface area contributed by atoms with E-state index in [0.29, 0.717) is 20.7 Å². The van der Waals surface area contributed by atoms with Crippen LogP contribution in [-0.4, -0.2) is 4.98 Å². The second kappa shape index (κ2) is 5.34. The second-order valence-corrected chi connectivity index (χ2v) is 4.74. The largest absolute Gasteiger partial charge is 0.337 e. The normalized spacial score (nSPS) is 9.89. The molecule has 1 aromatic carbocycles. The first-order valence-corrected chi connectivity index (χ1v) is 6.05. The molecule has 0 spiro atoms. The van der Waals surface area contributed by atoms with Crippen LogP contribution in [-0.2, 0) is 0 Å². The third-order valence-corrected chi connectivity index (χ3v) is 2.92. The quantitative estimate of drug-likeness (QED) is 0.897. The molecule has 18 heavy (non-hydrogen) atoms. The van der Waals surface area contributed by atoms with Crippen molar-refractivity contribution in [2.45, 2.75) is 0 Å². The Hall–Kier alpha value is -1.64. The molecule has 1 heterocycles. The average Bonchev–Trinajstić information content (AvgIpc) is 2.35. The van der Waals surface area contributed by atoms with Crippen molar-refractivity contribution in [3.8, 4) is 6.07 Å². The topological polar surface area (TPSA) is 48.7 Å². The Kier molecular flexibility index (Phi) is 3.80. The molecule has 0 amide bonds. The highest BCUT2D eigenvalue weighted by Crippen LogP contribution is 2.27. The summed E-state index contributed by atoms with van der Waals surface area (Å²) in [5, 5.41) is 11.9. The number of pyridine rings is 1. The summed E-state index contributed by atoms with van der Waals surface area (Å²) in [6.45, 7) is 0. The molecule has 2 aromatic rings. The van der Waals surface area contributed by atoms with Gasteiger partial charge in [0.2, 0.25) is 0 Å². The summed E-state index contributed by atoms with van der Waals surface area (Å²) in [7, 11) is 0. The average molecular weight is 327 g/mol. The fraction of sp³-hybridized carbons (Fsp3) is 0. The number of hydrogen-bond acceptors (Lipinski definition) is 3. The van der Waals surface area contributed by atoms with E-state index >= 15 is 0 Å². The molecular formula is C12H6BrClFN3. The lowest BCUT2D eigenvalue weighted by molar-refractivity contribution is 0.625. The van der Waals surface area contributed by atoms with Crippen LogP contribution in [0.2, 0.25) is 5.02 Å². The number of benzene rings is 1. The molecule has 0 aliphatic heterocycles. The molecule has 0 atom stereocenters. The fourth-order valence-electron chi connectivity index (χ4n) is 1.32. The van der Waals surface area contributed by atoms with Crippen LogP contribution in [0.5, 0.6) is 0 Å². The Morgan fingerprint density at radius 3 is 2.83 bits per heavy atom. The zero-order valence-electron chi connectivity index (χ0n) is 8.92. The Bertz CT molecular complexity index is 640. The van der Waals surface area contributed by atoms with Crippen LogP contribution in [0.3, 0.4) is 0 Å². The van der Waals surface area contributed by atoms with Crippen molar-refractivity contribution in [3.63, 3.8) is 0 Å². The lowest BCUT2D eigenvalue weighted by Gasteiger charge is -2.08. The summed E-state index contributed by atoms with van der Waals surface area (Å²) in [6.07, 6.45) is 1.47. The molecule has 0 fully saturated rings. The Labute approximate surface area is 116 Å². The number of halogens is 3. The summed E-state index contributed by atoms with van der Waals surface area (Å²) in [5.74, 6) is -0.460. The van der Waals surface area contributed by atoms with E-state index < -0.39 is 5.82 Å². The second-order valence-electron chi connectivity index (χ2n) is 3.42. The highest BCUT2D eigenvalue weighted by molar-refractivity contribution is 9.10. The molecule has 0 saturated carbocycles. The third kappa shape index (κ3) is 2.78. The minimum absolute atomic E-state index is 0.0511. The van der Waals surface area contributed by atoms with E-state index in [1.165, 1.54) is 18.3 Å². The van der Waals surface area contributed by atoms with E-state index in [0.717, 1.165) is 0 Å². The number of rotatable bonds is 2. The predicted octanol–water partition coefficient (Wildman–Crippen LogP) is 4.25. The van der Waals surface area contributed by atoms with Crippen molar-refractivity contribution in [3.05, 3.63) is 51.3 Å². The molecule has 1 aromatic heterocycles. The maximum Gasteiger partial charge on any atom is 0.166 e. The van der Waals surface area contributed by atoms with Crippen molar-refractivity contribution in [2.75, 3.05) is 5.32 Å². The van der Waals surface area contributed by atoms with E-state index in [1.54, 1.807) is 12.1 Å². The van der Waals surface area contributed by atoms with Crippen LogP contribution in [0, 0.1) is 17.1 Å². The van der Waals surface area contributed by atoms with E-state index in [9.17, 15) is 4.39 Å². The van der Waals surface area contributed by atoms with Crippen LogP contribution in [0.25, 0.3) is 0 Å². The number of hydrogen-bond donors (Lipinski definition) is 1. The Morgan fingerprint density at radius 1 is 1.39 bits per heavy atom. The molecule has 0 aliphatic carbocycles. The van der Waals surface area contributed by atoms with Crippen molar-refractivity contribution < 1.29 is 4.39 Å². The van der Waals surface area contributed by atoms with Crippen molar-refractivity contribution in [1.82, 2.24) is 4.98 Å². The van der Waals surface area contributed by atoms with E-state index in [4.69, 9.17) is 16.9 Å². The van der Waals surface area contributed by atoms with Crippen LogP contribution in [0.1, 0.15) is 5.56 Å². The van der Waals surface area contributed by atoms with Gasteiger partial charge in [0.25, 0.3) is 0 Å². The minimum atomic E-state index is -0.511. The molecule has 90 valence electrons. The van der Waals surface area contributed by atoms with Crippen molar-refractivity contribution in [1.29, 1.82) is 5.26 Å². The molecule has 1 N–H and O–H groups in total. The first kappa shape index (κ1) is 12.8. The molecular weight excluding hydrogens is 321 g/mol. The van der Waals surface area contributed by atoms with Crippen molar-refractivity contribution >= 4 is 39.0 Å². The number of nitrogens with one attached hydrogen (secondary N) is 1. The van der Waals surface area contributed by atoms with Gasteiger partial charge in [-0.1, -0.05) is 11.6 Å². The van der Waals surface area contributed by atoms with Crippen LogP contribution in [0.15, 0.2) is 34.9 Å². The molecule has 0 aliphatic rings. The number of nitriles is 1. The lowest BCUT2D eigenvalue weighted by Crippen LogP contribution is -1.98. The Balaban J connectivity index is 2.37. The van der Waals surface area contributed by atoms with E-state index in [1.807, 2.05) is 6.07 Å². The summed E-state index contributed by atoms with van der Waals surface area (Å²) in [4.78, 5) is 3.90. The van der Waals surface area contributed by atoms with Crippen LogP contribution < -0.4 is 5.32 Å². The molecule has 0 unspecified atom stereocenters. The molecule has 3 nitrogen and oxygen atoms in total. The first-order valence-electron chi connectivity index (χ1n) is 4.88. The Morgan fingerprint density at radius 2 is 2.17 bits per heavy atom. The maximum absolute atomic E-state index is 13.6. The standard InChI is InChI=1S/C12H6BrClFN3/c13-8-4-10(15)12(17-6-8)18-11-3-7(5-16)1-2-9(11)14/h1-4,6H,(H,17,18). The van der Waals surface area contributed by atoms with Crippen LogP contribution in [0.4, 0.5) is 15.9 Å². The molecule has 0 bridgehead atoms. The van der Waals surface area contributed by atoms with Gasteiger partial charge in [-0.3, -0.25) is 0 Å². The first-order chi connectivity index (χ1) is 8.60. The highest BCUT2D eigenvalue weighted by Gasteiger charge is 2.08. The SMILES string of the molecule is N#Cc1ccc(Cl)c(Nc2ncc(Br)cc2F)c1. The summed E-state index contributed by atoms with van der Waals surface area (Å²) >= 11 is 9.07. The minimum Gasteiger partial charge on any atom is -0.337 e. The summed E-state index contributed by atoms with van der Waals surface area (Å²) < 4.78 is 14.1. The number of nitrogens with zero attached hydrogens (tertiary/aromatic N) is 2. The summed E-state index contributed by atoms with van der Waals surface area (Å²) in [6, 6.07) is 7.96. The van der Waals surface area contributed by atoms with Gasteiger partial charge in [-0.25, -0.2) is 9.37 Å². The molecule has 2 rings (SSSR count). The smallest absolute Gasteiger partial charge is 0.166 e. The number of aromatic nitrogens is 1. The zero-order valence-corrected chi connectivity index (χ0v) is 11.3. The molecule has 6 heteroatoms. The van der Waals surface area contributed by atoms with Gasteiger partial charge in [0.15, 0.2) is 11.6 Å². The van der Waals surface area contributed by atoms with Gasteiger partial charge in [0, 0.05) is 10.7 Å². The van der Waals surface area contributed by atoms with Gasteiger partial charge >= 0.3 is 0 Å². The monoisotopic (exact) mass is 325 g/mol. The molecule has 0 radical (unpaired) electrons. The third-order valence-electron chi connectivity index (χ3n) is 2.16. The predicted molar refractivity (Wildman–Crippen MR) is 71.3 cm³/mol. The maximum atomic E-state index is 13.6. The fourth-order valence-corrected chi connectivity index (χ4v) is 1.79. The van der Waals surface area contributed by atoms with Gasteiger partial charge in [0.1, 0.15) is 0 Å². The van der Waals surface area contributed by atoms with Gasteiger partial charge in [-0.15, -0.1) is 0 Å². The van der Waals surface area contributed by atoms with E-state index in [2.05, 4.69) is 26.2 Å². The highest BCUT2D eigenvalue weighted by atomic mass is 79.9. The lowest BCUT2D eigenvalue weighted by atomic mass is 10.2. The van der Waals surface area contributed by atoms with Crippen LogP contribution >= 0.6 is 27.5 Å². The van der Waals surface area contributed by atoms with Crippen molar-refractivity contribution in [2.24, 2.45) is 0 Å². The summed E-state index contributed by atoms with van der Waals surface area (Å²) in [5.41, 5.74) is 0.865. The number of anilines is 2. The van der Waals surface area contributed by atoms with Gasteiger partial charge < -0.3 is 5.32 Å². The van der Waals surface area contributed by atoms with Gasteiger partial charge in [-0.05, 0) is 40.2 Å². The van der Waals surface area contributed by atoms with Gasteiger partial charge in [0.05, 0.1) is 22.3 Å². The zero-order chi connectivity index (χ0) is 13.1.